The summed E-state index contributed by atoms with van der Waals surface area (Å²) in [4.78, 5) is 26.4. The van der Waals surface area contributed by atoms with Gasteiger partial charge in [-0.1, -0.05) is 11.8 Å². The molecule has 0 N–H and O–H groups in total. The van der Waals surface area contributed by atoms with Gasteiger partial charge in [-0.2, -0.15) is 0 Å². The predicted molar refractivity (Wildman–Crippen MR) is 72.8 cm³/mol. The summed E-state index contributed by atoms with van der Waals surface area (Å²) in [7, 11) is 1.11. The van der Waals surface area contributed by atoms with Gasteiger partial charge in [0.15, 0.2) is 0 Å². The van der Waals surface area contributed by atoms with Crippen molar-refractivity contribution in [3.8, 4) is 0 Å². The summed E-state index contributed by atoms with van der Waals surface area (Å²) in [5.74, 6) is -1.88. The molecule has 0 amide bonds. The largest absolute Gasteiger partial charge is 0.465 e. The minimum absolute atomic E-state index is 0.146. The minimum atomic E-state index is -0.993. The molecule has 0 aliphatic heterocycles. The Morgan fingerprint density at radius 1 is 1.38 bits per heavy atom. The molecule has 1 aromatic carbocycles. The molecule has 0 saturated carbocycles. The van der Waals surface area contributed by atoms with Crippen molar-refractivity contribution in [2.75, 3.05) is 7.11 Å². The molecule has 0 bridgehead atoms. The molecule has 1 heterocycles. The Kier molecular flexibility index (Phi) is 4.49. The quantitative estimate of drug-likeness (QED) is 0.490. The zero-order valence-electron chi connectivity index (χ0n) is 10.8. The predicted octanol–water partition coefficient (Wildman–Crippen LogP) is 3.07. The van der Waals surface area contributed by atoms with Crippen LogP contribution in [0.15, 0.2) is 46.5 Å². The van der Waals surface area contributed by atoms with Gasteiger partial charge in [0, 0.05) is 17.3 Å². The monoisotopic (exact) mass is 308 g/mol. The molecule has 2 rings (SSSR count). The fourth-order valence-electron chi connectivity index (χ4n) is 1.57. The van der Waals surface area contributed by atoms with Gasteiger partial charge in [-0.15, -0.1) is 0 Å². The number of nitro benzene ring substituents is 1. The highest BCUT2D eigenvalue weighted by Crippen LogP contribution is 2.36. The lowest BCUT2D eigenvalue weighted by Gasteiger charge is -2.06. The molecule has 0 aliphatic rings. The fourth-order valence-corrected chi connectivity index (χ4v) is 2.49. The number of nitro groups is 1. The van der Waals surface area contributed by atoms with Gasteiger partial charge in [0.25, 0.3) is 5.69 Å². The topological polar surface area (TPSA) is 82.3 Å². The number of methoxy groups -OCH3 is 1. The van der Waals surface area contributed by atoms with Crippen molar-refractivity contribution in [3.63, 3.8) is 0 Å². The number of ether oxygens (including phenoxy) is 1. The van der Waals surface area contributed by atoms with Crippen LogP contribution in [0.3, 0.4) is 0 Å². The van der Waals surface area contributed by atoms with Gasteiger partial charge in [-0.3, -0.25) is 15.1 Å². The number of carbonyl (C=O) groups is 1. The SMILES string of the molecule is COC(=O)c1cc(Sc2ccncc2)c([N+](=O)[O-])cc1F. The zero-order valence-corrected chi connectivity index (χ0v) is 11.6. The van der Waals surface area contributed by atoms with E-state index in [0.717, 1.165) is 31.0 Å². The third kappa shape index (κ3) is 3.34. The molecule has 0 aliphatic carbocycles. The summed E-state index contributed by atoms with van der Waals surface area (Å²) in [6.45, 7) is 0. The van der Waals surface area contributed by atoms with E-state index in [1.165, 1.54) is 12.4 Å². The number of carbonyl (C=O) groups excluding carboxylic acids is 1. The van der Waals surface area contributed by atoms with E-state index in [1.807, 2.05) is 0 Å². The van der Waals surface area contributed by atoms with E-state index in [1.54, 1.807) is 12.1 Å². The number of halogens is 1. The summed E-state index contributed by atoms with van der Waals surface area (Å²) in [6.07, 6.45) is 3.05. The van der Waals surface area contributed by atoms with Crippen LogP contribution >= 0.6 is 11.8 Å². The lowest BCUT2D eigenvalue weighted by atomic mass is 10.2. The van der Waals surface area contributed by atoms with Gasteiger partial charge in [-0.25, -0.2) is 9.18 Å². The van der Waals surface area contributed by atoms with Crippen LogP contribution in [0.2, 0.25) is 0 Å². The van der Waals surface area contributed by atoms with Crippen LogP contribution in [-0.4, -0.2) is 23.0 Å². The molecule has 0 unspecified atom stereocenters. The molecule has 0 fully saturated rings. The van der Waals surface area contributed by atoms with Gasteiger partial charge < -0.3 is 4.74 Å². The fraction of sp³-hybridized carbons (Fsp3) is 0.0769. The van der Waals surface area contributed by atoms with Gasteiger partial charge in [0.2, 0.25) is 0 Å². The molecule has 108 valence electrons. The summed E-state index contributed by atoms with van der Waals surface area (Å²) in [5, 5.41) is 11.0. The number of esters is 1. The summed E-state index contributed by atoms with van der Waals surface area (Å²) < 4.78 is 18.2. The number of hydrogen-bond acceptors (Lipinski definition) is 6. The third-order valence-corrected chi connectivity index (χ3v) is 3.58. The smallest absolute Gasteiger partial charge is 0.340 e. The average molecular weight is 308 g/mol. The maximum absolute atomic E-state index is 13.7. The Balaban J connectivity index is 2.51. The first kappa shape index (κ1) is 14.9. The first-order chi connectivity index (χ1) is 10.0. The maximum atomic E-state index is 13.7. The number of aromatic nitrogens is 1. The lowest BCUT2D eigenvalue weighted by molar-refractivity contribution is -0.387. The van der Waals surface area contributed by atoms with E-state index in [2.05, 4.69) is 9.72 Å². The molecule has 0 atom stereocenters. The van der Waals surface area contributed by atoms with Crippen molar-refractivity contribution in [2.24, 2.45) is 0 Å². The van der Waals surface area contributed by atoms with Crippen molar-refractivity contribution < 1.29 is 18.8 Å². The summed E-state index contributed by atoms with van der Waals surface area (Å²) in [6, 6.07) is 5.13. The number of hydrogen-bond donors (Lipinski definition) is 0. The van der Waals surface area contributed by atoms with Crippen LogP contribution in [0.4, 0.5) is 10.1 Å². The van der Waals surface area contributed by atoms with Crippen LogP contribution in [0.5, 0.6) is 0 Å². The summed E-state index contributed by atoms with van der Waals surface area (Å²) in [5.41, 5.74) is -0.762. The van der Waals surface area contributed by atoms with E-state index in [4.69, 9.17) is 0 Å². The molecule has 6 nitrogen and oxygen atoms in total. The van der Waals surface area contributed by atoms with Crippen molar-refractivity contribution >= 4 is 23.4 Å². The standard InChI is InChI=1S/C13H9FN2O4S/c1-20-13(17)9-6-12(11(16(18)19)7-10(9)14)21-8-2-4-15-5-3-8/h2-7H,1H3. The van der Waals surface area contributed by atoms with Crippen LogP contribution in [0, 0.1) is 15.9 Å². The van der Waals surface area contributed by atoms with Crippen molar-refractivity contribution in [1.82, 2.24) is 4.98 Å². The molecule has 21 heavy (non-hydrogen) atoms. The second-order valence-corrected chi connectivity index (χ2v) is 4.95. The minimum Gasteiger partial charge on any atom is -0.465 e. The van der Waals surface area contributed by atoms with Crippen LogP contribution in [-0.2, 0) is 4.74 Å². The molecular formula is C13H9FN2O4S. The van der Waals surface area contributed by atoms with Crippen molar-refractivity contribution in [1.29, 1.82) is 0 Å². The Hall–Kier alpha value is -2.48. The van der Waals surface area contributed by atoms with E-state index < -0.39 is 22.4 Å². The second-order valence-electron chi connectivity index (χ2n) is 3.83. The first-order valence-corrected chi connectivity index (χ1v) is 6.48. The van der Waals surface area contributed by atoms with Gasteiger partial charge in [0.05, 0.1) is 28.6 Å². The third-order valence-electron chi connectivity index (χ3n) is 2.53. The molecule has 0 spiro atoms. The van der Waals surface area contributed by atoms with Crippen LogP contribution < -0.4 is 0 Å². The maximum Gasteiger partial charge on any atom is 0.340 e. The van der Waals surface area contributed by atoms with E-state index >= 15 is 0 Å². The highest BCUT2D eigenvalue weighted by Gasteiger charge is 2.23. The van der Waals surface area contributed by atoms with E-state index in [-0.39, 0.29) is 10.5 Å². The first-order valence-electron chi connectivity index (χ1n) is 5.67. The Bertz CT molecular complexity index is 694. The molecule has 1 aromatic heterocycles. The summed E-state index contributed by atoms with van der Waals surface area (Å²) >= 11 is 1.04. The number of benzene rings is 1. The van der Waals surface area contributed by atoms with E-state index in [9.17, 15) is 19.3 Å². The number of nitrogens with zero attached hydrogens (tertiary/aromatic N) is 2. The van der Waals surface area contributed by atoms with Crippen LogP contribution in [0.25, 0.3) is 0 Å². The van der Waals surface area contributed by atoms with Crippen LogP contribution in [0.1, 0.15) is 10.4 Å². The van der Waals surface area contributed by atoms with Crippen molar-refractivity contribution in [2.45, 2.75) is 9.79 Å². The highest BCUT2D eigenvalue weighted by atomic mass is 32.2. The molecule has 0 radical (unpaired) electrons. The number of pyridine rings is 1. The number of rotatable bonds is 4. The average Bonchev–Trinajstić information content (AvgIpc) is 2.48. The van der Waals surface area contributed by atoms with Crippen molar-refractivity contribution in [3.05, 3.63) is 58.2 Å². The second kappa shape index (κ2) is 6.31. The van der Waals surface area contributed by atoms with Gasteiger partial charge in [-0.05, 0) is 18.2 Å². The lowest BCUT2D eigenvalue weighted by Crippen LogP contribution is -2.06. The highest BCUT2D eigenvalue weighted by molar-refractivity contribution is 7.99. The van der Waals surface area contributed by atoms with Gasteiger partial charge in [0.1, 0.15) is 5.82 Å². The zero-order chi connectivity index (χ0) is 15.4. The van der Waals surface area contributed by atoms with Gasteiger partial charge >= 0.3 is 5.97 Å². The normalized spacial score (nSPS) is 10.2. The Morgan fingerprint density at radius 2 is 2.05 bits per heavy atom. The van der Waals surface area contributed by atoms with E-state index in [0.29, 0.717) is 4.90 Å². The Labute approximate surface area is 123 Å². The molecular weight excluding hydrogens is 299 g/mol. The Morgan fingerprint density at radius 3 is 2.62 bits per heavy atom. The molecule has 2 aromatic rings. The molecule has 0 saturated heterocycles. The molecule has 8 heteroatoms.